The Bertz CT molecular complexity index is 1300. The van der Waals surface area contributed by atoms with Gasteiger partial charge in [0, 0.05) is 18.8 Å². The third-order valence-corrected chi connectivity index (χ3v) is 6.01. The number of aromatic nitrogens is 4. The fourth-order valence-electron chi connectivity index (χ4n) is 4.24. The second-order valence-electron chi connectivity index (χ2n) is 8.93. The lowest BCUT2D eigenvalue weighted by atomic mass is 9.98. The van der Waals surface area contributed by atoms with E-state index in [1.54, 1.807) is 4.57 Å². The van der Waals surface area contributed by atoms with Crippen LogP contribution in [0.4, 0.5) is 5.69 Å². The van der Waals surface area contributed by atoms with Gasteiger partial charge in [-0.05, 0) is 36.8 Å². The second kappa shape index (κ2) is 10.8. The van der Waals surface area contributed by atoms with Gasteiger partial charge in [0.2, 0.25) is 5.91 Å². The van der Waals surface area contributed by atoms with E-state index >= 15 is 0 Å². The first-order valence-corrected chi connectivity index (χ1v) is 12.0. The number of hydrogen-bond donors (Lipinski definition) is 2. The quantitative estimate of drug-likeness (QED) is 0.474. The Morgan fingerprint density at radius 2 is 1.82 bits per heavy atom. The lowest BCUT2D eigenvalue weighted by Crippen LogP contribution is -2.43. The fourth-order valence-corrected chi connectivity index (χ4v) is 4.24. The summed E-state index contributed by atoms with van der Waals surface area (Å²) in [5.74, 6) is 0.0869. The average molecular weight is 470 g/mol. The molecule has 0 aliphatic rings. The van der Waals surface area contributed by atoms with Crippen molar-refractivity contribution in [3.8, 4) is 0 Å². The van der Waals surface area contributed by atoms with Crippen LogP contribution in [0.5, 0.6) is 0 Å². The lowest BCUT2D eigenvalue weighted by Gasteiger charge is -2.17. The van der Waals surface area contributed by atoms with Gasteiger partial charge < -0.3 is 15.0 Å². The molecule has 34 heavy (non-hydrogen) atoms. The first kappa shape index (κ1) is 25.4. The molecule has 0 atom stereocenters. The minimum atomic E-state index is -0.572. The van der Waals surface area contributed by atoms with E-state index in [-0.39, 0.29) is 23.7 Å². The molecule has 2 heterocycles. The van der Waals surface area contributed by atoms with E-state index in [1.165, 1.54) is 4.57 Å². The molecule has 0 aliphatic heterocycles. The van der Waals surface area contributed by atoms with Gasteiger partial charge in [-0.1, -0.05) is 52.3 Å². The largest absolute Gasteiger partial charge is 0.388 e. The van der Waals surface area contributed by atoms with Crippen molar-refractivity contribution in [2.45, 2.75) is 86.0 Å². The number of fused-ring (bicyclic) bond motifs is 1. The number of benzene rings is 1. The molecule has 3 rings (SSSR count). The number of imidazole rings is 1. The van der Waals surface area contributed by atoms with Crippen LogP contribution in [0.25, 0.3) is 11.2 Å². The van der Waals surface area contributed by atoms with Gasteiger partial charge in [0.05, 0.1) is 0 Å². The van der Waals surface area contributed by atoms with Gasteiger partial charge in [-0.3, -0.25) is 14.2 Å². The molecular weight excluding hydrogens is 434 g/mol. The van der Waals surface area contributed by atoms with Crippen LogP contribution in [-0.2, 0) is 31.0 Å². The zero-order valence-electron chi connectivity index (χ0n) is 20.7. The molecule has 2 N–H and O–H groups in total. The van der Waals surface area contributed by atoms with Crippen molar-refractivity contribution in [2.75, 3.05) is 5.32 Å². The molecule has 2 aromatic heterocycles. The maximum absolute atomic E-state index is 13.5. The molecule has 1 amide bonds. The molecule has 0 unspecified atom stereocenters. The van der Waals surface area contributed by atoms with E-state index in [2.05, 4.69) is 10.3 Å². The smallest absolute Gasteiger partial charge is 0.333 e. The number of aliphatic hydroxyl groups excluding tert-OH is 1. The number of carbonyl (C=O) groups is 1. The molecule has 0 saturated carbocycles. The standard InChI is InChI=1S/C25H35N5O4/c1-6-8-13-29-23-22(28(12-7-2)19(15-31)26-23)24(33)30(25(29)34)14-20(32)27-21-17(5)10-9-11-18(21)16(3)4/h9-11,16,31H,6-8,12-15H2,1-5H3,(H,27,32). The van der Waals surface area contributed by atoms with Gasteiger partial charge in [0.1, 0.15) is 19.0 Å². The van der Waals surface area contributed by atoms with E-state index in [9.17, 15) is 19.5 Å². The molecule has 0 radical (unpaired) electrons. The van der Waals surface area contributed by atoms with Gasteiger partial charge in [-0.25, -0.2) is 14.3 Å². The zero-order valence-corrected chi connectivity index (χ0v) is 20.7. The summed E-state index contributed by atoms with van der Waals surface area (Å²) in [7, 11) is 0. The monoisotopic (exact) mass is 469 g/mol. The highest BCUT2D eigenvalue weighted by Gasteiger charge is 2.22. The van der Waals surface area contributed by atoms with Gasteiger partial charge in [-0.2, -0.15) is 0 Å². The summed E-state index contributed by atoms with van der Waals surface area (Å²) in [5, 5.41) is 12.7. The second-order valence-corrected chi connectivity index (χ2v) is 8.93. The number of para-hydroxylation sites is 1. The van der Waals surface area contributed by atoms with Crippen molar-refractivity contribution >= 4 is 22.8 Å². The van der Waals surface area contributed by atoms with Gasteiger partial charge >= 0.3 is 5.69 Å². The van der Waals surface area contributed by atoms with E-state index in [0.29, 0.717) is 24.6 Å². The summed E-state index contributed by atoms with van der Waals surface area (Å²) in [4.78, 5) is 44.3. The molecule has 0 spiro atoms. The maximum atomic E-state index is 13.5. The zero-order chi connectivity index (χ0) is 25.0. The predicted octanol–water partition coefficient (Wildman–Crippen LogP) is 3.13. The Morgan fingerprint density at radius 1 is 1.09 bits per heavy atom. The van der Waals surface area contributed by atoms with Crippen molar-refractivity contribution in [3.63, 3.8) is 0 Å². The minimum absolute atomic E-state index is 0.195. The number of aliphatic hydroxyl groups is 1. The molecule has 0 saturated heterocycles. The number of rotatable bonds is 10. The Balaban J connectivity index is 2.12. The van der Waals surface area contributed by atoms with Crippen molar-refractivity contribution in [1.82, 2.24) is 18.7 Å². The number of hydrogen-bond acceptors (Lipinski definition) is 5. The minimum Gasteiger partial charge on any atom is -0.388 e. The van der Waals surface area contributed by atoms with Crippen LogP contribution in [-0.4, -0.2) is 29.7 Å². The summed E-state index contributed by atoms with van der Waals surface area (Å²) in [6.07, 6.45) is 2.29. The first-order chi connectivity index (χ1) is 16.2. The molecule has 0 aliphatic carbocycles. The van der Waals surface area contributed by atoms with E-state index < -0.39 is 23.7 Å². The molecule has 1 aromatic carbocycles. The molecular formula is C25H35N5O4. The van der Waals surface area contributed by atoms with Crippen LogP contribution in [0.2, 0.25) is 0 Å². The number of carbonyl (C=O) groups excluding carboxylic acids is 1. The van der Waals surface area contributed by atoms with Crippen molar-refractivity contribution < 1.29 is 9.90 Å². The number of aryl methyl sites for hydroxylation is 3. The van der Waals surface area contributed by atoms with Gasteiger partial charge in [0.25, 0.3) is 5.56 Å². The number of nitrogens with zero attached hydrogens (tertiary/aromatic N) is 4. The van der Waals surface area contributed by atoms with Crippen LogP contribution >= 0.6 is 0 Å². The van der Waals surface area contributed by atoms with Crippen molar-refractivity contribution in [1.29, 1.82) is 0 Å². The number of anilines is 1. The van der Waals surface area contributed by atoms with Crippen LogP contribution in [0, 0.1) is 6.92 Å². The summed E-state index contributed by atoms with van der Waals surface area (Å²) in [5.41, 5.74) is 1.98. The van der Waals surface area contributed by atoms with Crippen LogP contribution in [0.3, 0.4) is 0 Å². The number of unbranched alkanes of at least 4 members (excludes halogenated alkanes) is 1. The summed E-state index contributed by atoms with van der Waals surface area (Å²) < 4.78 is 4.09. The third kappa shape index (κ3) is 4.84. The summed E-state index contributed by atoms with van der Waals surface area (Å²) in [6.45, 7) is 10.1. The van der Waals surface area contributed by atoms with Crippen LogP contribution < -0.4 is 16.6 Å². The highest BCUT2D eigenvalue weighted by Crippen LogP contribution is 2.27. The van der Waals surface area contributed by atoms with Crippen LogP contribution in [0.1, 0.15) is 69.8 Å². The third-order valence-electron chi connectivity index (χ3n) is 6.01. The molecule has 3 aromatic rings. The number of nitrogens with one attached hydrogen (secondary N) is 1. The van der Waals surface area contributed by atoms with Gasteiger partial charge in [0.15, 0.2) is 11.2 Å². The van der Waals surface area contributed by atoms with E-state index in [1.807, 2.05) is 52.8 Å². The summed E-state index contributed by atoms with van der Waals surface area (Å²) >= 11 is 0. The van der Waals surface area contributed by atoms with Crippen LogP contribution in [0.15, 0.2) is 27.8 Å². The van der Waals surface area contributed by atoms with E-state index in [0.717, 1.165) is 35.0 Å². The number of amides is 1. The molecule has 0 bridgehead atoms. The van der Waals surface area contributed by atoms with Crippen molar-refractivity contribution in [2.24, 2.45) is 0 Å². The highest BCUT2D eigenvalue weighted by atomic mass is 16.3. The Hall–Kier alpha value is -3.20. The van der Waals surface area contributed by atoms with Crippen molar-refractivity contribution in [3.05, 3.63) is 56.0 Å². The average Bonchev–Trinajstić information content (AvgIpc) is 3.16. The molecule has 0 fully saturated rings. The maximum Gasteiger partial charge on any atom is 0.333 e. The SMILES string of the molecule is CCCCn1c(=O)n(CC(=O)Nc2c(C)cccc2C(C)C)c(=O)c2c1nc(CO)n2CCC. The lowest BCUT2D eigenvalue weighted by molar-refractivity contribution is -0.116. The first-order valence-electron chi connectivity index (χ1n) is 12.0. The molecule has 9 heteroatoms. The topological polar surface area (TPSA) is 111 Å². The highest BCUT2D eigenvalue weighted by molar-refractivity contribution is 5.92. The fraction of sp³-hybridized carbons (Fsp3) is 0.520. The predicted molar refractivity (Wildman–Crippen MR) is 133 cm³/mol. The molecule has 9 nitrogen and oxygen atoms in total. The van der Waals surface area contributed by atoms with E-state index in [4.69, 9.17) is 0 Å². The molecule has 184 valence electrons. The Morgan fingerprint density at radius 3 is 2.44 bits per heavy atom. The Labute approximate surface area is 199 Å². The van der Waals surface area contributed by atoms with Gasteiger partial charge in [-0.15, -0.1) is 0 Å². The summed E-state index contributed by atoms with van der Waals surface area (Å²) in [6, 6.07) is 5.82. The normalized spacial score (nSPS) is 11.5. The Kier molecular flexibility index (Phi) is 8.09.